The number of amides is 1. The monoisotopic (exact) mass is 342 g/mol. The van der Waals surface area contributed by atoms with Gasteiger partial charge in [-0.15, -0.1) is 0 Å². The molecule has 2 N–H and O–H groups in total. The SMILES string of the molecule is O=C(Cc1cccc2ccccc12)NCc1cccc(-c2ncn[nH]2)c1. The molecule has 0 aliphatic rings. The summed E-state index contributed by atoms with van der Waals surface area (Å²) in [6.45, 7) is 0.478. The van der Waals surface area contributed by atoms with Crippen LogP contribution >= 0.6 is 0 Å². The minimum Gasteiger partial charge on any atom is -0.352 e. The summed E-state index contributed by atoms with van der Waals surface area (Å²) in [5.74, 6) is 0.723. The first-order chi connectivity index (χ1) is 12.8. The number of aromatic nitrogens is 3. The Morgan fingerprint density at radius 1 is 1.00 bits per heavy atom. The number of fused-ring (bicyclic) bond motifs is 1. The molecule has 128 valence electrons. The average Bonchev–Trinajstić information content (AvgIpc) is 3.22. The highest BCUT2D eigenvalue weighted by Crippen LogP contribution is 2.19. The van der Waals surface area contributed by atoms with Gasteiger partial charge in [0, 0.05) is 12.1 Å². The van der Waals surface area contributed by atoms with Crippen LogP contribution in [0.1, 0.15) is 11.1 Å². The van der Waals surface area contributed by atoms with Crippen molar-refractivity contribution >= 4 is 16.7 Å². The largest absolute Gasteiger partial charge is 0.352 e. The number of carbonyl (C=O) groups excluding carboxylic acids is 1. The second-order valence-electron chi connectivity index (χ2n) is 6.13. The van der Waals surface area contributed by atoms with E-state index in [-0.39, 0.29) is 5.91 Å². The number of hydrogen-bond acceptors (Lipinski definition) is 3. The van der Waals surface area contributed by atoms with Crippen LogP contribution in [0.25, 0.3) is 22.2 Å². The van der Waals surface area contributed by atoms with Crippen LogP contribution in [0, 0.1) is 0 Å². The molecule has 1 aromatic heterocycles. The molecule has 0 bridgehead atoms. The zero-order chi connectivity index (χ0) is 17.8. The van der Waals surface area contributed by atoms with Gasteiger partial charge < -0.3 is 5.32 Å². The van der Waals surface area contributed by atoms with E-state index in [1.807, 2.05) is 48.5 Å². The Bertz CT molecular complexity index is 1040. The second kappa shape index (κ2) is 7.19. The summed E-state index contributed by atoms with van der Waals surface area (Å²) in [4.78, 5) is 16.6. The Balaban J connectivity index is 1.43. The van der Waals surface area contributed by atoms with E-state index in [1.54, 1.807) is 0 Å². The Morgan fingerprint density at radius 3 is 2.73 bits per heavy atom. The Hall–Kier alpha value is -3.47. The molecule has 5 nitrogen and oxygen atoms in total. The van der Waals surface area contributed by atoms with E-state index in [0.29, 0.717) is 18.8 Å². The van der Waals surface area contributed by atoms with Gasteiger partial charge in [0.05, 0.1) is 6.42 Å². The number of carbonyl (C=O) groups is 1. The maximum absolute atomic E-state index is 12.4. The van der Waals surface area contributed by atoms with Crippen LogP contribution in [-0.2, 0) is 17.8 Å². The van der Waals surface area contributed by atoms with Crippen molar-refractivity contribution in [2.24, 2.45) is 0 Å². The van der Waals surface area contributed by atoms with E-state index in [9.17, 15) is 4.79 Å². The molecular formula is C21H18N4O. The molecular weight excluding hydrogens is 324 g/mol. The Morgan fingerprint density at radius 2 is 1.85 bits per heavy atom. The van der Waals surface area contributed by atoms with Crippen molar-refractivity contribution in [3.63, 3.8) is 0 Å². The summed E-state index contributed by atoms with van der Waals surface area (Å²) in [6, 6.07) is 22.1. The fourth-order valence-electron chi connectivity index (χ4n) is 3.06. The third kappa shape index (κ3) is 3.47. The first-order valence-corrected chi connectivity index (χ1v) is 8.47. The van der Waals surface area contributed by atoms with Gasteiger partial charge in [0.2, 0.25) is 5.91 Å². The van der Waals surface area contributed by atoms with E-state index in [2.05, 4.69) is 38.7 Å². The third-order valence-electron chi connectivity index (χ3n) is 4.34. The predicted octanol–water partition coefficient (Wildman–Crippen LogP) is 3.48. The number of hydrogen-bond donors (Lipinski definition) is 2. The molecule has 0 fully saturated rings. The second-order valence-corrected chi connectivity index (χ2v) is 6.13. The zero-order valence-corrected chi connectivity index (χ0v) is 14.1. The summed E-state index contributed by atoms with van der Waals surface area (Å²) < 4.78 is 0. The molecule has 0 radical (unpaired) electrons. The first kappa shape index (κ1) is 16.0. The number of rotatable bonds is 5. The summed E-state index contributed by atoms with van der Waals surface area (Å²) in [5.41, 5.74) is 3.00. The molecule has 0 saturated heterocycles. The number of aromatic amines is 1. The molecule has 1 heterocycles. The summed E-state index contributed by atoms with van der Waals surface area (Å²) >= 11 is 0. The lowest BCUT2D eigenvalue weighted by molar-refractivity contribution is -0.120. The van der Waals surface area contributed by atoms with E-state index >= 15 is 0 Å². The lowest BCUT2D eigenvalue weighted by atomic mass is 10.0. The van der Waals surface area contributed by atoms with Crippen LogP contribution in [0.4, 0.5) is 0 Å². The van der Waals surface area contributed by atoms with Crippen LogP contribution in [0.3, 0.4) is 0 Å². The van der Waals surface area contributed by atoms with Gasteiger partial charge in [0.1, 0.15) is 6.33 Å². The third-order valence-corrected chi connectivity index (χ3v) is 4.34. The van der Waals surface area contributed by atoms with E-state index < -0.39 is 0 Å². The van der Waals surface area contributed by atoms with Gasteiger partial charge >= 0.3 is 0 Å². The van der Waals surface area contributed by atoms with Gasteiger partial charge in [0.15, 0.2) is 5.82 Å². The number of nitrogens with one attached hydrogen (secondary N) is 2. The molecule has 0 spiro atoms. The Kier molecular flexibility index (Phi) is 4.43. The van der Waals surface area contributed by atoms with Crippen molar-refractivity contribution in [2.45, 2.75) is 13.0 Å². The molecule has 4 aromatic rings. The van der Waals surface area contributed by atoms with E-state index in [0.717, 1.165) is 27.5 Å². The van der Waals surface area contributed by atoms with Crippen LogP contribution in [0.15, 0.2) is 73.1 Å². The van der Waals surface area contributed by atoms with Gasteiger partial charge in [-0.05, 0) is 28.0 Å². The molecule has 1 amide bonds. The van der Waals surface area contributed by atoms with Gasteiger partial charge in [-0.2, -0.15) is 5.10 Å². The highest BCUT2D eigenvalue weighted by molar-refractivity contribution is 5.90. The lowest BCUT2D eigenvalue weighted by Gasteiger charge is -2.09. The van der Waals surface area contributed by atoms with Gasteiger partial charge in [-0.1, -0.05) is 60.7 Å². The summed E-state index contributed by atoms with van der Waals surface area (Å²) in [6.07, 6.45) is 1.84. The maximum atomic E-state index is 12.4. The molecule has 0 unspecified atom stereocenters. The van der Waals surface area contributed by atoms with Crippen LogP contribution in [0.2, 0.25) is 0 Å². The van der Waals surface area contributed by atoms with Crippen LogP contribution < -0.4 is 5.32 Å². The molecule has 0 aliphatic carbocycles. The lowest BCUT2D eigenvalue weighted by Crippen LogP contribution is -2.24. The topological polar surface area (TPSA) is 70.7 Å². The molecule has 0 saturated carbocycles. The maximum Gasteiger partial charge on any atom is 0.224 e. The van der Waals surface area contributed by atoms with Crippen molar-refractivity contribution in [3.8, 4) is 11.4 Å². The smallest absolute Gasteiger partial charge is 0.224 e. The standard InChI is InChI=1S/C21H18N4O/c26-20(12-17-8-4-7-16-6-1-2-10-19(16)17)22-13-15-5-3-9-18(11-15)21-23-14-24-25-21/h1-11,14H,12-13H2,(H,22,26)(H,23,24,25). The van der Waals surface area contributed by atoms with Crippen molar-refractivity contribution in [1.82, 2.24) is 20.5 Å². The molecule has 4 rings (SSSR count). The summed E-state index contributed by atoms with van der Waals surface area (Å²) in [7, 11) is 0. The first-order valence-electron chi connectivity index (χ1n) is 8.47. The van der Waals surface area contributed by atoms with Gasteiger partial charge in [-0.3, -0.25) is 9.89 Å². The average molecular weight is 342 g/mol. The fraction of sp³-hybridized carbons (Fsp3) is 0.0952. The predicted molar refractivity (Wildman–Crippen MR) is 101 cm³/mol. The quantitative estimate of drug-likeness (QED) is 0.583. The number of benzene rings is 3. The number of nitrogens with zero attached hydrogens (tertiary/aromatic N) is 2. The highest BCUT2D eigenvalue weighted by atomic mass is 16.1. The van der Waals surface area contributed by atoms with Gasteiger partial charge in [-0.25, -0.2) is 4.98 Å². The summed E-state index contributed by atoms with van der Waals surface area (Å²) in [5, 5.41) is 12.0. The van der Waals surface area contributed by atoms with Crippen LogP contribution in [0.5, 0.6) is 0 Å². The van der Waals surface area contributed by atoms with Crippen LogP contribution in [-0.4, -0.2) is 21.1 Å². The molecule has 0 atom stereocenters. The minimum atomic E-state index is 0.00595. The van der Waals surface area contributed by atoms with Crippen molar-refractivity contribution in [2.75, 3.05) is 0 Å². The minimum absolute atomic E-state index is 0.00595. The molecule has 0 aliphatic heterocycles. The molecule has 26 heavy (non-hydrogen) atoms. The van der Waals surface area contributed by atoms with Crippen molar-refractivity contribution in [3.05, 3.63) is 84.2 Å². The zero-order valence-electron chi connectivity index (χ0n) is 14.1. The molecule has 5 heteroatoms. The van der Waals surface area contributed by atoms with Crippen molar-refractivity contribution in [1.29, 1.82) is 0 Å². The normalized spacial score (nSPS) is 10.8. The van der Waals surface area contributed by atoms with Gasteiger partial charge in [0.25, 0.3) is 0 Å². The molecule has 3 aromatic carbocycles. The van der Waals surface area contributed by atoms with E-state index in [4.69, 9.17) is 0 Å². The highest BCUT2D eigenvalue weighted by Gasteiger charge is 2.07. The fourth-order valence-corrected chi connectivity index (χ4v) is 3.06. The van der Waals surface area contributed by atoms with Crippen molar-refractivity contribution < 1.29 is 4.79 Å². The Labute approximate surface area is 151 Å². The van der Waals surface area contributed by atoms with E-state index in [1.165, 1.54) is 6.33 Å². The number of H-pyrrole nitrogens is 1.